The fraction of sp³-hybridized carbons (Fsp3) is 0.286. The third kappa shape index (κ3) is 3.49. The predicted molar refractivity (Wildman–Crippen MR) is 85.0 cm³/mol. The average molecular weight is 327 g/mol. The van der Waals surface area contributed by atoms with Crippen LogP contribution in [0.4, 0.5) is 10.5 Å². The van der Waals surface area contributed by atoms with Gasteiger partial charge in [-0.25, -0.2) is 4.79 Å². The number of carbonyl (C=O) groups is 1. The van der Waals surface area contributed by atoms with Gasteiger partial charge in [-0.3, -0.25) is 4.68 Å². The molecule has 0 radical (unpaired) electrons. The summed E-state index contributed by atoms with van der Waals surface area (Å²) in [6, 6.07) is 4.73. The first kappa shape index (κ1) is 15.7. The highest BCUT2D eigenvalue weighted by Crippen LogP contribution is 2.29. The molecule has 2 N–H and O–H groups in total. The van der Waals surface area contributed by atoms with Crippen molar-refractivity contribution in [3.63, 3.8) is 0 Å². The van der Waals surface area contributed by atoms with Crippen LogP contribution < -0.4 is 10.6 Å². The van der Waals surface area contributed by atoms with E-state index in [1.807, 2.05) is 20.9 Å². The molecule has 0 bridgehead atoms. The SMILES string of the molecule is Cc1nn(C)c(C)c1CNC(=O)Nc1cccc(Cl)c1Cl. The minimum atomic E-state index is -0.346. The summed E-state index contributed by atoms with van der Waals surface area (Å²) in [4.78, 5) is 11.9. The average Bonchev–Trinajstić information content (AvgIpc) is 2.67. The van der Waals surface area contributed by atoms with E-state index in [9.17, 15) is 4.79 Å². The molecule has 0 unspecified atom stereocenters. The van der Waals surface area contributed by atoms with Gasteiger partial charge < -0.3 is 10.6 Å². The summed E-state index contributed by atoms with van der Waals surface area (Å²) in [5.74, 6) is 0. The molecule has 5 nitrogen and oxygen atoms in total. The van der Waals surface area contributed by atoms with E-state index in [0.717, 1.165) is 17.0 Å². The lowest BCUT2D eigenvalue weighted by Gasteiger charge is -2.10. The molecule has 0 atom stereocenters. The van der Waals surface area contributed by atoms with Gasteiger partial charge in [0.25, 0.3) is 0 Å². The number of hydrogen-bond acceptors (Lipinski definition) is 2. The van der Waals surface area contributed by atoms with Crippen molar-refractivity contribution in [2.45, 2.75) is 20.4 Å². The number of benzene rings is 1. The van der Waals surface area contributed by atoms with Gasteiger partial charge in [0.1, 0.15) is 0 Å². The Bertz CT molecular complexity index is 682. The Morgan fingerprint density at radius 3 is 2.67 bits per heavy atom. The molecule has 7 heteroatoms. The van der Waals surface area contributed by atoms with Gasteiger partial charge in [-0.05, 0) is 26.0 Å². The highest BCUT2D eigenvalue weighted by Gasteiger charge is 2.12. The zero-order valence-corrected chi connectivity index (χ0v) is 13.5. The lowest BCUT2D eigenvalue weighted by atomic mass is 10.2. The molecule has 21 heavy (non-hydrogen) atoms. The molecule has 0 saturated carbocycles. The maximum absolute atomic E-state index is 11.9. The van der Waals surface area contributed by atoms with Gasteiger partial charge in [0.05, 0.1) is 21.4 Å². The van der Waals surface area contributed by atoms with Gasteiger partial charge >= 0.3 is 6.03 Å². The van der Waals surface area contributed by atoms with Crippen LogP contribution in [-0.2, 0) is 13.6 Å². The lowest BCUT2D eigenvalue weighted by molar-refractivity contribution is 0.251. The Kier molecular flexibility index (Phi) is 4.75. The highest BCUT2D eigenvalue weighted by molar-refractivity contribution is 6.43. The monoisotopic (exact) mass is 326 g/mol. The van der Waals surface area contributed by atoms with Gasteiger partial charge in [-0.1, -0.05) is 29.3 Å². The van der Waals surface area contributed by atoms with Crippen LogP contribution in [0, 0.1) is 13.8 Å². The summed E-state index contributed by atoms with van der Waals surface area (Å²) in [5, 5.41) is 10.5. The summed E-state index contributed by atoms with van der Waals surface area (Å²) < 4.78 is 1.79. The maximum atomic E-state index is 11.9. The topological polar surface area (TPSA) is 59.0 Å². The zero-order valence-electron chi connectivity index (χ0n) is 12.0. The fourth-order valence-electron chi connectivity index (χ4n) is 2.01. The molecule has 0 aliphatic carbocycles. The molecule has 1 heterocycles. The Balaban J connectivity index is 2.01. The van der Waals surface area contributed by atoms with Crippen LogP contribution in [0.3, 0.4) is 0 Å². The van der Waals surface area contributed by atoms with Crippen molar-refractivity contribution in [2.75, 3.05) is 5.32 Å². The minimum absolute atomic E-state index is 0.322. The van der Waals surface area contributed by atoms with Gasteiger partial charge in [-0.15, -0.1) is 0 Å². The van der Waals surface area contributed by atoms with Crippen molar-refractivity contribution in [2.24, 2.45) is 7.05 Å². The number of hydrogen-bond donors (Lipinski definition) is 2. The number of anilines is 1. The number of aryl methyl sites for hydroxylation is 2. The first-order valence-electron chi connectivity index (χ1n) is 6.38. The Morgan fingerprint density at radius 2 is 2.05 bits per heavy atom. The van der Waals surface area contributed by atoms with E-state index in [1.54, 1.807) is 22.9 Å². The van der Waals surface area contributed by atoms with Crippen LogP contribution >= 0.6 is 23.2 Å². The summed E-state index contributed by atoms with van der Waals surface area (Å²) in [6.45, 7) is 4.27. The van der Waals surface area contributed by atoms with Crippen molar-refractivity contribution in [1.82, 2.24) is 15.1 Å². The van der Waals surface area contributed by atoms with Crippen molar-refractivity contribution >= 4 is 34.9 Å². The third-order valence-electron chi connectivity index (χ3n) is 3.28. The molecule has 2 amide bonds. The van der Waals surface area contributed by atoms with E-state index in [2.05, 4.69) is 15.7 Å². The molecule has 1 aromatic carbocycles. The minimum Gasteiger partial charge on any atom is -0.334 e. The van der Waals surface area contributed by atoms with Crippen LogP contribution in [-0.4, -0.2) is 15.8 Å². The molecular formula is C14H16Cl2N4O. The van der Waals surface area contributed by atoms with E-state index in [0.29, 0.717) is 22.3 Å². The van der Waals surface area contributed by atoms with Gasteiger partial charge in [0.2, 0.25) is 0 Å². The molecule has 2 aromatic rings. The lowest BCUT2D eigenvalue weighted by Crippen LogP contribution is -2.28. The van der Waals surface area contributed by atoms with Gasteiger partial charge in [0.15, 0.2) is 0 Å². The summed E-state index contributed by atoms with van der Waals surface area (Å²) in [5.41, 5.74) is 3.40. The summed E-state index contributed by atoms with van der Waals surface area (Å²) in [7, 11) is 1.87. The second kappa shape index (κ2) is 6.37. The molecule has 112 valence electrons. The van der Waals surface area contributed by atoms with E-state index in [4.69, 9.17) is 23.2 Å². The normalized spacial score (nSPS) is 10.5. The second-order valence-electron chi connectivity index (χ2n) is 4.68. The van der Waals surface area contributed by atoms with E-state index < -0.39 is 0 Å². The third-order valence-corrected chi connectivity index (χ3v) is 4.10. The summed E-state index contributed by atoms with van der Waals surface area (Å²) in [6.07, 6.45) is 0. The number of rotatable bonds is 3. The standard InChI is InChI=1S/C14H16Cl2N4O/c1-8-10(9(2)20(3)19-8)7-17-14(21)18-12-6-4-5-11(15)13(12)16/h4-6H,7H2,1-3H3,(H2,17,18,21). The van der Waals surface area contributed by atoms with Crippen LogP contribution in [0.2, 0.25) is 10.0 Å². The van der Waals surface area contributed by atoms with Crippen LogP contribution in [0.1, 0.15) is 17.0 Å². The zero-order chi connectivity index (χ0) is 15.6. The number of nitrogens with one attached hydrogen (secondary N) is 2. The number of amides is 2. The Labute approximate surface area is 133 Å². The van der Waals surface area contributed by atoms with Crippen LogP contribution in [0.25, 0.3) is 0 Å². The number of nitrogens with zero attached hydrogens (tertiary/aromatic N) is 2. The molecule has 1 aromatic heterocycles. The van der Waals surface area contributed by atoms with E-state index in [1.165, 1.54) is 0 Å². The first-order valence-corrected chi connectivity index (χ1v) is 7.13. The highest BCUT2D eigenvalue weighted by atomic mass is 35.5. The van der Waals surface area contributed by atoms with E-state index in [-0.39, 0.29) is 6.03 Å². The molecular weight excluding hydrogens is 311 g/mol. The number of urea groups is 1. The van der Waals surface area contributed by atoms with Crippen molar-refractivity contribution in [3.05, 3.63) is 45.2 Å². The van der Waals surface area contributed by atoms with Crippen molar-refractivity contribution in [3.8, 4) is 0 Å². The van der Waals surface area contributed by atoms with E-state index >= 15 is 0 Å². The van der Waals surface area contributed by atoms with Crippen LogP contribution in [0.5, 0.6) is 0 Å². The van der Waals surface area contributed by atoms with Crippen LogP contribution in [0.15, 0.2) is 18.2 Å². The molecule has 0 aliphatic heterocycles. The van der Waals surface area contributed by atoms with Gasteiger partial charge in [-0.2, -0.15) is 5.10 Å². The smallest absolute Gasteiger partial charge is 0.319 e. The van der Waals surface area contributed by atoms with Gasteiger partial charge in [0, 0.05) is 24.8 Å². The largest absolute Gasteiger partial charge is 0.334 e. The Hall–Kier alpha value is -1.72. The number of aromatic nitrogens is 2. The number of halogens is 2. The second-order valence-corrected chi connectivity index (χ2v) is 5.47. The first-order chi connectivity index (χ1) is 9.90. The van der Waals surface area contributed by atoms with Crippen molar-refractivity contribution in [1.29, 1.82) is 0 Å². The predicted octanol–water partition coefficient (Wildman–Crippen LogP) is 3.67. The Morgan fingerprint density at radius 1 is 1.33 bits per heavy atom. The molecule has 0 saturated heterocycles. The molecule has 0 aliphatic rings. The summed E-state index contributed by atoms with van der Waals surface area (Å²) >= 11 is 11.9. The molecule has 0 spiro atoms. The maximum Gasteiger partial charge on any atom is 0.319 e. The molecule has 2 rings (SSSR count). The van der Waals surface area contributed by atoms with Crippen molar-refractivity contribution < 1.29 is 4.79 Å². The number of carbonyl (C=O) groups excluding carboxylic acids is 1. The quantitative estimate of drug-likeness (QED) is 0.904. The fourth-order valence-corrected chi connectivity index (χ4v) is 2.36. The molecule has 0 fully saturated rings.